The molecule has 2 amide bonds. The van der Waals surface area contributed by atoms with E-state index in [2.05, 4.69) is 37.9 Å². The van der Waals surface area contributed by atoms with Crippen LogP contribution in [0.15, 0.2) is 24.4 Å². The molecule has 224 valence electrons. The summed E-state index contributed by atoms with van der Waals surface area (Å²) in [5.74, 6) is -1.34. The highest BCUT2D eigenvalue weighted by Gasteiger charge is 2.39. The fourth-order valence-corrected chi connectivity index (χ4v) is 5.67. The first-order valence-corrected chi connectivity index (χ1v) is 14.2. The van der Waals surface area contributed by atoms with Gasteiger partial charge in [-0.1, -0.05) is 18.0 Å². The van der Waals surface area contributed by atoms with Crippen LogP contribution in [0.3, 0.4) is 0 Å². The Morgan fingerprint density at radius 2 is 1.85 bits per heavy atom. The monoisotopic (exact) mass is 595 g/mol. The van der Waals surface area contributed by atoms with Gasteiger partial charge in [-0.25, -0.2) is 4.98 Å². The Labute approximate surface area is 243 Å². The number of benzene rings is 1. The molecule has 1 aromatic heterocycles. The van der Waals surface area contributed by atoms with Gasteiger partial charge in [-0.15, -0.1) is 0 Å². The van der Waals surface area contributed by atoms with E-state index in [1.54, 1.807) is 24.1 Å². The lowest BCUT2D eigenvalue weighted by atomic mass is 10.0. The molecule has 2 aromatic rings. The van der Waals surface area contributed by atoms with Gasteiger partial charge in [0.1, 0.15) is 11.4 Å². The minimum absolute atomic E-state index is 0.0764. The molecule has 3 N–H and O–H groups in total. The van der Waals surface area contributed by atoms with E-state index in [9.17, 15) is 22.8 Å². The second kappa shape index (κ2) is 12.8. The molecule has 2 heterocycles. The van der Waals surface area contributed by atoms with Crippen molar-refractivity contribution in [3.63, 3.8) is 0 Å². The molecule has 1 aromatic carbocycles. The number of hydrogen-bond donors (Lipinski definition) is 3. The lowest BCUT2D eigenvalue weighted by Crippen LogP contribution is -2.44. The average Bonchev–Trinajstić information content (AvgIpc) is 3.36. The number of hydrogen-bond acceptors (Lipinski definition) is 7. The van der Waals surface area contributed by atoms with Crippen LogP contribution < -0.4 is 16.0 Å². The first-order chi connectivity index (χ1) is 19.3. The van der Waals surface area contributed by atoms with Gasteiger partial charge < -0.3 is 25.8 Å². The summed E-state index contributed by atoms with van der Waals surface area (Å²) >= 11 is 6.47. The minimum atomic E-state index is -4.69. The van der Waals surface area contributed by atoms with E-state index < -0.39 is 29.5 Å². The summed E-state index contributed by atoms with van der Waals surface area (Å²) in [6.45, 7) is 5.49. The first-order valence-electron chi connectivity index (χ1n) is 13.9. The number of likely N-dealkylation sites (tertiary alicyclic amines) is 1. The second-order valence-corrected chi connectivity index (χ2v) is 11.6. The number of carbonyl (C=O) groups excluding carboxylic acids is 2. The largest absolute Gasteiger partial charge is 0.421 e. The zero-order valence-electron chi connectivity index (χ0n) is 23.7. The molecule has 2 unspecified atom stereocenters. The van der Waals surface area contributed by atoms with Gasteiger partial charge in [0, 0.05) is 37.1 Å². The SMILES string of the molecule is CC(C)NC(=O)C1CCCC1Nc1nc(Nc2ccc(C(=O)N(C)C3CCN(C)CC3)c(Cl)c2)ncc1C(F)(F)F. The van der Waals surface area contributed by atoms with Crippen molar-refractivity contribution in [2.75, 3.05) is 37.8 Å². The predicted octanol–water partition coefficient (Wildman–Crippen LogP) is 5.16. The van der Waals surface area contributed by atoms with E-state index in [0.717, 1.165) is 25.9 Å². The van der Waals surface area contributed by atoms with Crippen molar-refractivity contribution in [3.8, 4) is 0 Å². The lowest BCUT2D eigenvalue weighted by molar-refractivity contribution is -0.137. The number of nitrogens with zero attached hydrogens (tertiary/aromatic N) is 4. The lowest BCUT2D eigenvalue weighted by Gasteiger charge is -2.35. The molecule has 9 nitrogen and oxygen atoms in total. The highest BCUT2D eigenvalue weighted by Crippen LogP contribution is 2.37. The van der Waals surface area contributed by atoms with Crippen LogP contribution in [0, 0.1) is 5.92 Å². The van der Waals surface area contributed by atoms with E-state index in [-0.39, 0.29) is 34.9 Å². The number of amides is 2. The van der Waals surface area contributed by atoms with Crippen LogP contribution in [0.1, 0.15) is 61.9 Å². The Bertz CT molecular complexity index is 1250. The van der Waals surface area contributed by atoms with Crippen molar-refractivity contribution in [3.05, 3.63) is 40.5 Å². The summed E-state index contributed by atoms with van der Waals surface area (Å²) in [7, 11) is 3.82. The van der Waals surface area contributed by atoms with Crippen LogP contribution in [0.5, 0.6) is 0 Å². The van der Waals surface area contributed by atoms with Crippen molar-refractivity contribution in [2.45, 2.75) is 70.3 Å². The Morgan fingerprint density at radius 1 is 1.15 bits per heavy atom. The first kappa shape index (κ1) is 30.8. The Kier molecular flexibility index (Phi) is 9.63. The topological polar surface area (TPSA) is 102 Å². The van der Waals surface area contributed by atoms with Crippen molar-refractivity contribution in [1.29, 1.82) is 0 Å². The Hall–Kier alpha value is -3.12. The molecule has 1 saturated heterocycles. The molecular formula is C28H37ClF3N7O2. The summed E-state index contributed by atoms with van der Waals surface area (Å²) in [5.41, 5.74) is -0.274. The van der Waals surface area contributed by atoms with E-state index in [0.29, 0.717) is 36.7 Å². The summed E-state index contributed by atoms with van der Waals surface area (Å²) in [6, 6.07) is 4.26. The van der Waals surface area contributed by atoms with Crippen molar-refractivity contribution < 1.29 is 22.8 Å². The fraction of sp³-hybridized carbons (Fsp3) is 0.571. The van der Waals surface area contributed by atoms with Crippen LogP contribution in [0.4, 0.5) is 30.6 Å². The summed E-state index contributed by atoms with van der Waals surface area (Å²) in [5, 5.41) is 8.82. The van der Waals surface area contributed by atoms with Gasteiger partial charge in [0.2, 0.25) is 11.9 Å². The highest BCUT2D eigenvalue weighted by molar-refractivity contribution is 6.34. The number of rotatable bonds is 8. The maximum absolute atomic E-state index is 13.8. The van der Waals surface area contributed by atoms with Gasteiger partial charge in [0.05, 0.1) is 16.5 Å². The van der Waals surface area contributed by atoms with Gasteiger partial charge in [0.15, 0.2) is 0 Å². The van der Waals surface area contributed by atoms with Crippen LogP contribution in [0.2, 0.25) is 5.02 Å². The molecule has 0 radical (unpaired) electrons. The third-order valence-corrected chi connectivity index (χ3v) is 8.02. The number of anilines is 3. The number of nitrogens with one attached hydrogen (secondary N) is 3. The van der Waals surface area contributed by atoms with Crippen LogP contribution in [-0.2, 0) is 11.0 Å². The van der Waals surface area contributed by atoms with Gasteiger partial charge in [-0.3, -0.25) is 9.59 Å². The molecule has 2 fully saturated rings. The van der Waals surface area contributed by atoms with Crippen LogP contribution in [-0.4, -0.2) is 76.9 Å². The Morgan fingerprint density at radius 3 is 2.49 bits per heavy atom. The number of carbonyl (C=O) groups is 2. The van der Waals surface area contributed by atoms with Gasteiger partial charge in [0.25, 0.3) is 5.91 Å². The summed E-state index contributed by atoms with van der Waals surface area (Å²) < 4.78 is 41.5. The zero-order chi connectivity index (χ0) is 29.9. The molecule has 13 heteroatoms. The standard InChI is InChI=1S/C28H37ClF3N7O2/c1-16(2)34-25(40)20-6-5-7-23(20)36-24-21(28(30,31)32)15-33-27(37-24)35-17-8-9-19(22(29)14-17)26(41)39(4)18-10-12-38(3)13-11-18/h8-9,14-16,18,20,23H,5-7,10-13H2,1-4H3,(H,34,40)(H2,33,35,36,37). The van der Waals surface area contributed by atoms with Crippen LogP contribution in [0.25, 0.3) is 0 Å². The minimum Gasteiger partial charge on any atom is -0.366 e. The number of aromatic nitrogens is 2. The highest BCUT2D eigenvalue weighted by atomic mass is 35.5. The second-order valence-electron chi connectivity index (χ2n) is 11.2. The Balaban J connectivity index is 1.51. The third kappa shape index (κ3) is 7.59. The smallest absolute Gasteiger partial charge is 0.366 e. The number of halogens is 4. The zero-order valence-corrected chi connectivity index (χ0v) is 24.4. The number of alkyl halides is 3. The molecule has 1 aliphatic heterocycles. The maximum Gasteiger partial charge on any atom is 0.421 e. The van der Waals surface area contributed by atoms with E-state index >= 15 is 0 Å². The third-order valence-electron chi connectivity index (χ3n) is 7.71. The molecule has 2 aliphatic rings. The normalized spacial score (nSPS) is 20.2. The van der Waals surface area contributed by atoms with Crippen molar-refractivity contribution >= 4 is 40.9 Å². The average molecular weight is 596 g/mol. The van der Waals surface area contributed by atoms with Crippen molar-refractivity contribution in [2.24, 2.45) is 5.92 Å². The van der Waals surface area contributed by atoms with E-state index in [1.165, 1.54) is 6.07 Å². The molecule has 2 atom stereocenters. The molecule has 41 heavy (non-hydrogen) atoms. The summed E-state index contributed by atoms with van der Waals surface area (Å²) in [6.07, 6.45) is -0.404. The molecule has 0 bridgehead atoms. The fourth-order valence-electron chi connectivity index (χ4n) is 5.41. The van der Waals surface area contributed by atoms with Gasteiger partial charge >= 0.3 is 6.18 Å². The van der Waals surface area contributed by atoms with Gasteiger partial charge in [-0.2, -0.15) is 18.2 Å². The van der Waals surface area contributed by atoms with E-state index in [1.807, 2.05) is 13.8 Å². The van der Waals surface area contributed by atoms with Crippen molar-refractivity contribution in [1.82, 2.24) is 25.1 Å². The predicted molar refractivity (Wildman–Crippen MR) is 152 cm³/mol. The van der Waals surface area contributed by atoms with Crippen LogP contribution >= 0.6 is 11.6 Å². The quantitative estimate of drug-likeness (QED) is 0.387. The maximum atomic E-state index is 13.8. The number of piperidine rings is 1. The van der Waals surface area contributed by atoms with E-state index in [4.69, 9.17) is 11.6 Å². The molecule has 1 saturated carbocycles. The molecule has 0 spiro atoms. The molecule has 1 aliphatic carbocycles. The summed E-state index contributed by atoms with van der Waals surface area (Å²) in [4.78, 5) is 37.7. The van der Waals surface area contributed by atoms with Gasteiger partial charge in [-0.05, 0) is 77.9 Å². The molecule has 4 rings (SSSR count). The molecular weight excluding hydrogens is 559 g/mol.